The van der Waals surface area contributed by atoms with E-state index < -0.39 is 6.29 Å². The summed E-state index contributed by atoms with van der Waals surface area (Å²) in [5.74, 6) is -0.538. The average molecular weight is 602 g/mol. The molecule has 9 nitrogen and oxygen atoms in total. The molecular formula is C33H33F2N5O4. The lowest BCUT2D eigenvalue weighted by Gasteiger charge is -2.23. The van der Waals surface area contributed by atoms with Crippen LogP contribution in [0, 0.1) is 19.1 Å². The highest BCUT2D eigenvalue weighted by atomic mass is 19.3. The maximum absolute atomic E-state index is 13.2. The number of carbonyl (C=O) groups excluding carboxylic acids is 1. The van der Waals surface area contributed by atoms with Gasteiger partial charge in [0.05, 0.1) is 12.3 Å². The normalized spacial score (nSPS) is 12.7. The zero-order valence-corrected chi connectivity index (χ0v) is 24.5. The zero-order valence-electron chi connectivity index (χ0n) is 24.5. The topological polar surface area (TPSA) is 97.0 Å². The molecule has 3 N–H and O–H groups in total. The van der Waals surface area contributed by atoms with Crippen LogP contribution >= 0.6 is 0 Å². The number of amides is 1. The number of anilines is 3. The van der Waals surface area contributed by atoms with E-state index in [2.05, 4.69) is 79.5 Å². The van der Waals surface area contributed by atoms with E-state index in [1.807, 2.05) is 36.4 Å². The number of aromatic nitrogens is 1. The quantitative estimate of drug-likeness (QED) is 0.124. The Morgan fingerprint density at radius 2 is 1.91 bits per heavy atom. The van der Waals surface area contributed by atoms with Gasteiger partial charge in [0.2, 0.25) is 5.75 Å². The maximum atomic E-state index is 13.2. The van der Waals surface area contributed by atoms with Gasteiger partial charge in [-0.1, -0.05) is 30.3 Å². The number of alkyl halides is 2. The fourth-order valence-corrected chi connectivity index (χ4v) is 4.64. The summed E-state index contributed by atoms with van der Waals surface area (Å²) in [5, 5.41) is 9.32. The van der Waals surface area contributed by atoms with Crippen LogP contribution in [0.15, 0.2) is 72.9 Å². The van der Waals surface area contributed by atoms with Crippen LogP contribution in [0.2, 0.25) is 0 Å². The number of hydrogen-bond acceptors (Lipinski definition) is 8. The molecule has 11 heteroatoms. The van der Waals surface area contributed by atoms with Crippen LogP contribution in [0.3, 0.4) is 0 Å². The molecule has 2 heterocycles. The largest absolute Gasteiger partial charge is 0.586 e. The van der Waals surface area contributed by atoms with Crippen molar-refractivity contribution < 1.29 is 27.8 Å². The summed E-state index contributed by atoms with van der Waals surface area (Å²) in [7, 11) is 0. The highest BCUT2D eigenvalue weighted by Crippen LogP contribution is 2.40. The van der Waals surface area contributed by atoms with Crippen molar-refractivity contribution in [3.63, 3.8) is 0 Å². The summed E-state index contributed by atoms with van der Waals surface area (Å²) in [6.45, 7) is 7.03. The number of carbonyl (C=O) groups is 1. The SMILES string of the molecule is CCN(CCNC(=O)c1cc(CNc2ccccc2COCNc2c#cc3c(c2)OC(F)(F)O3)ccn1)c1cccc(C)c1. The molecule has 0 fully saturated rings. The molecule has 0 atom stereocenters. The summed E-state index contributed by atoms with van der Waals surface area (Å²) in [4.78, 5) is 19.3. The molecule has 0 unspecified atom stereocenters. The maximum Gasteiger partial charge on any atom is 0.586 e. The number of fused-ring (bicyclic) bond motifs is 1. The number of ether oxygens (including phenoxy) is 3. The van der Waals surface area contributed by atoms with Crippen molar-refractivity contribution in [1.82, 2.24) is 10.3 Å². The van der Waals surface area contributed by atoms with E-state index in [4.69, 9.17) is 4.74 Å². The minimum Gasteiger partial charge on any atom is -0.394 e. The van der Waals surface area contributed by atoms with Crippen LogP contribution in [0.5, 0.6) is 11.5 Å². The van der Waals surface area contributed by atoms with E-state index in [0.717, 1.165) is 29.0 Å². The van der Waals surface area contributed by atoms with Crippen molar-refractivity contribution in [1.29, 1.82) is 0 Å². The number of hydrogen-bond donors (Lipinski definition) is 3. The Morgan fingerprint density at radius 3 is 2.75 bits per heavy atom. The summed E-state index contributed by atoms with van der Waals surface area (Å²) >= 11 is 0. The summed E-state index contributed by atoms with van der Waals surface area (Å²) in [6.07, 6.45) is -2.08. The number of para-hydroxylation sites is 1. The van der Waals surface area contributed by atoms with Gasteiger partial charge in [0.1, 0.15) is 12.4 Å². The molecule has 0 aliphatic carbocycles. The Hall–Kier alpha value is -5.08. The Kier molecular flexibility index (Phi) is 9.62. The van der Waals surface area contributed by atoms with E-state index in [1.165, 1.54) is 11.6 Å². The molecule has 5 rings (SSSR count). The summed E-state index contributed by atoms with van der Waals surface area (Å²) < 4.78 is 40.9. The van der Waals surface area contributed by atoms with Gasteiger partial charge in [0.15, 0.2) is 5.75 Å². The van der Waals surface area contributed by atoms with Gasteiger partial charge in [0, 0.05) is 55.4 Å². The molecule has 1 aliphatic heterocycles. The molecule has 44 heavy (non-hydrogen) atoms. The predicted molar refractivity (Wildman–Crippen MR) is 163 cm³/mol. The lowest BCUT2D eigenvalue weighted by atomic mass is 10.1. The van der Waals surface area contributed by atoms with Crippen LogP contribution in [0.25, 0.3) is 0 Å². The van der Waals surface area contributed by atoms with Gasteiger partial charge in [-0.15, -0.1) is 8.78 Å². The molecule has 0 saturated heterocycles. The first-order valence-corrected chi connectivity index (χ1v) is 14.2. The third kappa shape index (κ3) is 8.05. The second-order valence-corrected chi connectivity index (χ2v) is 10.1. The molecular weight excluding hydrogens is 568 g/mol. The van der Waals surface area contributed by atoms with Crippen LogP contribution in [-0.2, 0) is 17.9 Å². The smallest absolute Gasteiger partial charge is 0.394 e. The molecule has 228 valence electrons. The third-order valence-electron chi connectivity index (χ3n) is 6.85. The highest BCUT2D eigenvalue weighted by molar-refractivity contribution is 5.92. The number of likely N-dealkylation sites (N-methyl/N-ethyl adjacent to an activating group) is 1. The average Bonchev–Trinajstić information content (AvgIpc) is 3.34. The number of aryl methyl sites for hydroxylation is 1. The van der Waals surface area contributed by atoms with Gasteiger partial charge in [-0.2, -0.15) is 0 Å². The highest BCUT2D eigenvalue weighted by Gasteiger charge is 2.43. The molecule has 0 spiro atoms. The Balaban J connectivity index is 1.09. The van der Waals surface area contributed by atoms with Crippen molar-refractivity contribution in [3.8, 4) is 11.5 Å². The molecule has 1 aliphatic rings. The first-order valence-electron chi connectivity index (χ1n) is 14.2. The number of nitrogens with one attached hydrogen (secondary N) is 3. The van der Waals surface area contributed by atoms with E-state index in [0.29, 0.717) is 31.0 Å². The van der Waals surface area contributed by atoms with Crippen LogP contribution in [-0.4, -0.2) is 43.6 Å². The van der Waals surface area contributed by atoms with Gasteiger partial charge in [-0.05, 0) is 67.4 Å². The van der Waals surface area contributed by atoms with E-state index >= 15 is 0 Å². The van der Waals surface area contributed by atoms with Crippen molar-refractivity contribution >= 4 is 23.0 Å². The molecule has 0 radical (unpaired) electrons. The van der Waals surface area contributed by atoms with Crippen molar-refractivity contribution in [2.45, 2.75) is 33.3 Å². The first-order chi connectivity index (χ1) is 21.3. The van der Waals surface area contributed by atoms with Gasteiger partial charge in [-0.3, -0.25) is 9.78 Å². The standard InChI is InChI=1S/C33H33F2N5O4/c1-3-40(27-9-6-7-23(2)17-27)16-15-37-32(41)29-18-24(13-14-36-29)20-38-28-10-5-4-8-25(28)21-42-22-39-26-11-12-30-31(19-26)44-33(34,35)43-30/h4-10,13-14,17-19,38-39H,3,15-16,20-22H2,1-2H3,(H,37,41). The lowest BCUT2D eigenvalue weighted by molar-refractivity contribution is -0.286. The Bertz CT molecular complexity index is 1590. The van der Waals surface area contributed by atoms with Gasteiger partial charge < -0.3 is 35.1 Å². The molecule has 0 saturated carbocycles. The lowest BCUT2D eigenvalue weighted by Crippen LogP contribution is -2.35. The monoisotopic (exact) mass is 601 g/mol. The first kappa shape index (κ1) is 30.4. The van der Waals surface area contributed by atoms with Crippen molar-refractivity contribution in [3.05, 3.63) is 107 Å². The van der Waals surface area contributed by atoms with Gasteiger partial charge in [0.25, 0.3) is 5.91 Å². The molecule has 3 aromatic carbocycles. The Labute approximate surface area is 255 Å². The van der Waals surface area contributed by atoms with Crippen molar-refractivity contribution in [2.24, 2.45) is 0 Å². The van der Waals surface area contributed by atoms with Crippen LogP contribution < -0.4 is 30.3 Å². The number of benzene rings is 2. The fraction of sp³-hybridized carbons (Fsp3) is 0.273. The molecule has 1 aromatic heterocycles. The van der Waals surface area contributed by atoms with Crippen molar-refractivity contribution in [2.75, 3.05) is 41.9 Å². The number of nitrogens with zero attached hydrogens (tertiary/aromatic N) is 2. The zero-order chi connectivity index (χ0) is 30.9. The number of rotatable bonds is 14. The van der Waals surface area contributed by atoms with Crippen LogP contribution in [0.4, 0.5) is 25.8 Å². The van der Waals surface area contributed by atoms with Crippen LogP contribution in [0.1, 0.15) is 34.1 Å². The third-order valence-corrected chi connectivity index (χ3v) is 6.85. The predicted octanol–water partition coefficient (Wildman–Crippen LogP) is 5.77. The molecule has 4 aromatic rings. The molecule has 0 bridgehead atoms. The van der Waals surface area contributed by atoms with E-state index in [-0.39, 0.29) is 30.7 Å². The fourth-order valence-electron chi connectivity index (χ4n) is 4.64. The molecule has 1 amide bonds. The van der Waals surface area contributed by atoms with E-state index in [1.54, 1.807) is 12.3 Å². The number of pyridine rings is 1. The summed E-state index contributed by atoms with van der Waals surface area (Å²) in [5.41, 5.74) is 5.74. The minimum atomic E-state index is -3.71. The van der Waals surface area contributed by atoms with E-state index in [9.17, 15) is 13.6 Å². The van der Waals surface area contributed by atoms with Gasteiger partial charge >= 0.3 is 6.29 Å². The second-order valence-electron chi connectivity index (χ2n) is 10.1. The second kappa shape index (κ2) is 13.9. The summed E-state index contributed by atoms with van der Waals surface area (Å²) in [6, 6.07) is 26.2. The minimum absolute atomic E-state index is 0.0958. The Morgan fingerprint density at radius 1 is 1.05 bits per heavy atom. The van der Waals surface area contributed by atoms with Gasteiger partial charge in [-0.25, -0.2) is 0 Å². The number of halogens is 2.